The van der Waals surface area contributed by atoms with Crippen molar-refractivity contribution in [2.45, 2.75) is 25.2 Å². The number of rotatable bonds is 3. The Morgan fingerprint density at radius 1 is 1.75 bits per heavy atom. The molecule has 1 aromatic heterocycles. The van der Waals surface area contributed by atoms with E-state index in [-0.39, 0.29) is 6.42 Å². The Hall–Kier alpha value is -1.32. The van der Waals surface area contributed by atoms with Crippen molar-refractivity contribution in [1.82, 2.24) is 4.98 Å². The zero-order valence-corrected chi connectivity index (χ0v) is 6.49. The van der Waals surface area contributed by atoms with Crippen molar-refractivity contribution in [2.75, 3.05) is 0 Å². The molecule has 4 nitrogen and oxygen atoms in total. The van der Waals surface area contributed by atoms with Gasteiger partial charge in [0, 0.05) is 5.92 Å². The summed E-state index contributed by atoms with van der Waals surface area (Å²) in [5.74, 6) is 0.719. The highest BCUT2D eigenvalue weighted by Crippen LogP contribution is 2.39. The molecule has 12 heavy (non-hydrogen) atoms. The van der Waals surface area contributed by atoms with E-state index in [0.29, 0.717) is 17.6 Å². The Morgan fingerprint density at radius 2 is 2.50 bits per heavy atom. The minimum absolute atomic E-state index is 0.0697. The Kier molecular flexibility index (Phi) is 1.60. The zero-order valence-electron chi connectivity index (χ0n) is 6.49. The van der Waals surface area contributed by atoms with E-state index in [1.807, 2.05) is 0 Å². The van der Waals surface area contributed by atoms with Crippen LogP contribution in [-0.2, 0) is 11.2 Å². The van der Waals surface area contributed by atoms with Gasteiger partial charge >= 0.3 is 5.97 Å². The molecular weight excluding hydrogens is 158 g/mol. The molecule has 4 heteroatoms. The summed E-state index contributed by atoms with van der Waals surface area (Å²) in [6, 6.07) is 0. The fourth-order valence-corrected chi connectivity index (χ4v) is 1.07. The van der Waals surface area contributed by atoms with Gasteiger partial charge in [-0.3, -0.25) is 4.79 Å². The van der Waals surface area contributed by atoms with E-state index < -0.39 is 5.97 Å². The average molecular weight is 167 g/mol. The second-order valence-corrected chi connectivity index (χ2v) is 3.01. The van der Waals surface area contributed by atoms with E-state index in [0.717, 1.165) is 12.8 Å². The summed E-state index contributed by atoms with van der Waals surface area (Å²) in [6.07, 6.45) is 3.67. The highest BCUT2D eigenvalue weighted by molar-refractivity contribution is 5.69. The van der Waals surface area contributed by atoms with Gasteiger partial charge in [0.25, 0.3) is 0 Å². The average Bonchev–Trinajstić information content (AvgIpc) is 2.73. The summed E-state index contributed by atoms with van der Waals surface area (Å²) in [7, 11) is 0. The molecular formula is C8H9NO3. The topological polar surface area (TPSA) is 63.3 Å². The smallest absolute Gasteiger partial charge is 0.311 e. The molecule has 1 fully saturated rings. The maximum atomic E-state index is 10.3. The molecule has 0 aromatic carbocycles. The third kappa shape index (κ3) is 1.47. The molecule has 2 rings (SSSR count). The summed E-state index contributed by atoms with van der Waals surface area (Å²) in [6.45, 7) is 0. The number of hydrogen-bond donors (Lipinski definition) is 1. The molecule has 1 heterocycles. The van der Waals surface area contributed by atoms with Crippen LogP contribution in [0.2, 0.25) is 0 Å². The zero-order chi connectivity index (χ0) is 8.55. The number of hydrogen-bond acceptors (Lipinski definition) is 3. The molecule has 0 unspecified atom stereocenters. The van der Waals surface area contributed by atoms with Crippen molar-refractivity contribution < 1.29 is 14.3 Å². The minimum Gasteiger partial charge on any atom is -0.481 e. The van der Waals surface area contributed by atoms with E-state index in [1.54, 1.807) is 0 Å². The maximum Gasteiger partial charge on any atom is 0.311 e. The second kappa shape index (κ2) is 2.62. The van der Waals surface area contributed by atoms with Crippen LogP contribution in [0.1, 0.15) is 30.4 Å². The first-order chi connectivity index (χ1) is 5.75. The summed E-state index contributed by atoms with van der Waals surface area (Å²) >= 11 is 0. The van der Waals surface area contributed by atoms with E-state index in [1.165, 1.54) is 6.20 Å². The van der Waals surface area contributed by atoms with Crippen LogP contribution in [0.3, 0.4) is 0 Å². The largest absolute Gasteiger partial charge is 0.481 e. The van der Waals surface area contributed by atoms with Crippen LogP contribution >= 0.6 is 0 Å². The number of carboxylic acid groups (broad SMARTS) is 1. The summed E-state index contributed by atoms with van der Waals surface area (Å²) in [4.78, 5) is 14.3. The number of oxazole rings is 1. The summed E-state index contributed by atoms with van der Waals surface area (Å²) < 4.78 is 5.23. The summed E-state index contributed by atoms with van der Waals surface area (Å²) in [5.41, 5.74) is 0. The Morgan fingerprint density at radius 3 is 3.08 bits per heavy atom. The lowest BCUT2D eigenvalue weighted by Crippen LogP contribution is -1.97. The quantitative estimate of drug-likeness (QED) is 0.734. The van der Waals surface area contributed by atoms with Gasteiger partial charge in [0.15, 0.2) is 5.89 Å². The monoisotopic (exact) mass is 167 g/mol. The van der Waals surface area contributed by atoms with Crippen LogP contribution in [0.5, 0.6) is 0 Å². The highest BCUT2D eigenvalue weighted by Gasteiger charge is 2.28. The van der Waals surface area contributed by atoms with Crippen LogP contribution in [0, 0.1) is 0 Å². The first-order valence-corrected chi connectivity index (χ1v) is 3.92. The molecule has 1 aromatic rings. The van der Waals surface area contributed by atoms with Crippen molar-refractivity contribution in [3.05, 3.63) is 17.8 Å². The maximum absolute atomic E-state index is 10.3. The number of aliphatic carboxylic acids is 1. The Labute approximate surface area is 69.2 Å². The van der Waals surface area contributed by atoms with Gasteiger partial charge in [0.1, 0.15) is 12.2 Å². The number of carboxylic acids is 1. The van der Waals surface area contributed by atoms with E-state index >= 15 is 0 Å². The fraction of sp³-hybridized carbons (Fsp3) is 0.500. The van der Waals surface area contributed by atoms with Crippen molar-refractivity contribution in [2.24, 2.45) is 0 Å². The van der Waals surface area contributed by atoms with E-state index in [9.17, 15) is 4.79 Å². The molecule has 0 saturated heterocycles. The van der Waals surface area contributed by atoms with Crippen LogP contribution in [0.25, 0.3) is 0 Å². The van der Waals surface area contributed by atoms with Crippen LogP contribution < -0.4 is 0 Å². The van der Waals surface area contributed by atoms with Crippen LogP contribution in [0.4, 0.5) is 0 Å². The Bertz CT molecular complexity index is 301. The number of nitrogens with zero attached hydrogens (tertiary/aromatic N) is 1. The van der Waals surface area contributed by atoms with Gasteiger partial charge in [-0.1, -0.05) is 0 Å². The lowest BCUT2D eigenvalue weighted by Gasteiger charge is -1.88. The van der Waals surface area contributed by atoms with Crippen molar-refractivity contribution in [1.29, 1.82) is 0 Å². The van der Waals surface area contributed by atoms with Gasteiger partial charge in [0.2, 0.25) is 0 Å². The molecule has 0 spiro atoms. The van der Waals surface area contributed by atoms with Crippen LogP contribution in [0.15, 0.2) is 10.6 Å². The molecule has 0 radical (unpaired) electrons. The van der Waals surface area contributed by atoms with E-state index in [4.69, 9.17) is 9.52 Å². The van der Waals surface area contributed by atoms with Crippen molar-refractivity contribution in [3.8, 4) is 0 Å². The van der Waals surface area contributed by atoms with Gasteiger partial charge in [-0.2, -0.15) is 0 Å². The number of carbonyl (C=O) groups is 1. The predicted octanol–water partition coefficient (Wildman–Crippen LogP) is 1.18. The van der Waals surface area contributed by atoms with Crippen LogP contribution in [-0.4, -0.2) is 16.1 Å². The van der Waals surface area contributed by atoms with Gasteiger partial charge in [-0.25, -0.2) is 4.98 Å². The van der Waals surface area contributed by atoms with Gasteiger partial charge in [-0.05, 0) is 12.8 Å². The predicted molar refractivity (Wildman–Crippen MR) is 39.8 cm³/mol. The molecule has 1 N–H and O–H groups in total. The number of aromatic nitrogens is 1. The first kappa shape index (κ1) is 7.34. The van der Waals surface area contributed by atoms with Gasteiger partial charge < -0.3 is 9.52 Å². The SMILES string of the molecule is O=C(O)Cc1cnc(C2CC2)o1. The third-order valence-electron chi connectivity index (χ3n) is 1.82. The summed E-state index contributed by atoms with van der Waals surface area (Å²) in [5, 5.41) is 8.44. The molecule has 0 amide bonds. The second-order valence-electron chi connectivity index (χ2n) is 3.01. The van der Waals surface area contributed by atoms with E-state index in [2.05, 4.69) is 4.98 Å². The normalized spacial score (nSPS) is 16.3. The lowest BCUT2D eigenvalue weighted by atomic mass is 10.4. The Balaban J connectivity index is 2.07. The molecule has 0 aliphatic heterocycles. The third-order valence-corrected chi connectivity index (χ3v) is 1.82. The lowest BCUT2D eigenvalue weighted by molar-refractivity contribution is -0.136. The fourth-order valence-electron chi connectivity index (χ4n) is 1.07. The molecule has 0 atom stereocenters. The molecule has 1 aliphatic rings. The highest BCUT2D eigenvalue weighted by atomic mass is 16.4. The minimum atomic E-state index is -0.881. The van der Waals surface area contributed by atoms with Gasteiger partial charge in [-0.15, -0.1) is 0 Å². The molecule has 1 saturated carbocycles. The first-order valence-electron chi connectivity index (χ1n) is 3.92. The standard InChI is InChI=1S/C8H9NO3/c10-7(11)3-6-4-9-8(12-6)5-1-2-5/h4-5H,1-3H2,(H,10,11). The van der Waals surface area contributed by atoms with Crippen molar-refractivity contribution in [3.63, 3.8) is 0 Å². The van der Waals surface area contributed by atoms with Gasteiger partial charge in [0.05, 0.1) is 6.20 Å². The molecule has 0 bridgehead atoms. The molecule has 64 valence electrons. The van der Waals surface area contributed by atoms with Crippen molar-refractivity contribution >= 4 is 5.97 Å². The molecule has 1 aliphatic carbocycles.